The largest absolute Gasteiger partial charge is 0.383 e. The monoisotopic (exact) mass is 234 g/mol. The standard InChI is InChI=1S/C14H22N2O/c1-17-9-8-16(14-6-7-14)11-13-4-2-12(10-15)3-5-13/h2-5,14H,6-11,15H2,1H3. The molecule has 2 N–H and O–H groups in total. The molecule has 1 aromatic carbocycles. The van der Waals surface area contributed by atoms with Crippen molar-refractivity contribution in [3.8, 4) is 0 Å². The molecule has 1 aliphatic rings. The smallest absolute Gasteiger partial charge is 0.0589 e. The molecule has 1 saturated carbocycles. The molecule has 0 atom stereocenters. The van der Waals surface area contributed by atoms with Gasteiger partial charge in [0.25, 0.3) is 0 Å². The predicted octanol–water partition coefficient (Wildman–Crippen LogP) is 1.76. The van der Waals surface area contributed by atoms with E-state index >= 15 is 0 Å². The van der Waals surface area contributed by atoms with Gasteiger partial charge in [-0.3, -0.25) is 4.90 Å². The second-order valence-electron chi connectivity index (χ2n) is 4.72. The summed E-state index contributed by atoms with van der Waals surface area (Å²) in [5, 5.41) is 0. The molecule has 17 heavy (non-hydrogen) atoms. The Morgan fingerprint density at radius 1 is 1.24 bits per heavy atom. The van der Waals surface area contributed by atoms with Crippen LogP contribution in [0.3, 0.4) is 0 Å². The highest BCUT2D eigenvalue weighted by Crippen LogP contribution is 2.28. The van der Waals surface area contributed by atoms with Crippen molar-refractivity contribution in [1.82, 2.24) is 4.90 Å². The van der Waals surface area contributed by atoms with E-state index in [0.717, 1.165) is 25.7 Å². The molecule has 1 aromatic rings. The van der Waals surface area contributed by atoms with Gasteiger partial charge < -0.3 is 10.5 Å². The Morgan fingerprint density at radius 2 is 1.88 bits per heavy atom. The Balaban J connectivity index is 1.91. The van der Waals surface area contributed by atoms with Gasteiger partial charge in [-0.25, -0.2) is 0 Å². The van der Waals surface area contributed by atoms with E-state index in [1.807, 2.05) is 0 Å². The van der Waals surface area contributed by atoms with Gasteiger partial charge in [0.1, 0.15) is 0 Å². The van der Waals surface area contributed by atoms with Crippen LogP contribution < -0.4 is 5.73 Å². The first-order valence-electron chi connectivity index (χ1n) is 6.34. The molecule has 0 amide bonds. The number of nitrogens with zero attached hydrogens (tertiary/aromatic N) is 1. The van der Waals surface area contributed by atoms with Crippen molar-refractivity contribution in [2.24, 2.45) is 5.73 Å². The van der Waals surface area contributed by atoms with Crippen LogP contribution in [0.2, 0.25) is 0 Å². The van der Waals surface area contributed by atoms with E-state index in [2.05, 4.69) is 29.2 Å². The van der Waals surface area contributed by atoms with Gasteiger partial charge in [0.2, 0.25) is 0 Å². The molecule has 2 rings (SSSR count). The van der Waals surface area contributed by atoms with E-state index in [1.165, 1.54) is 24.0 Å². The van der Waals surface area contributed by atoms with Crippen molar-refractivity contribution in [2.75, 3.05) is 20.3 Å². The first-order chi connectivity index (χ1) is 8.33. The van der Waals surface area contributed by atoms with Gasteiger partial charge in [-0.1, -0.05) is 24.3 Å². The van der Waals surface area contributed by atoms with Crippen LogP contribution in [0.4, 0.5) is 0 Å². The average Bonchev–Trinajstić information content (AvgIpc) is 3.19. The number of hydrogen-bond donors (Lipinski definition) is 1. The van der Waals surface area contributed by atoms with Crippen LogP contribution in [0.5, 0.6) is 0 Å². The summed E-state index contributed by atoms with van der Waals surface area (Å²) in [5.74, 6) is 0. The van der Waals surface area contributed by atoms with Crippen LogP contribution in [0, 0.1) is 0 Å². The van der Waals surface area contributed by atoms with Gasteiger partial charge in [-0.15, -0.1) is 0 Å². The van der Waals surface area contributed by atoms with Crippen molar-refractivity contribution in [3.05, 3.63) is 35.4 Å². The van der Waals surface area contributed by atoms with Gasteiger partial charge in [0.05, 0.1) is 6.61 Å². The molecule has 94 valence electrons. The molecule has 0 bridgehead atoms. The zero-order valence-corrected chi connectivity index (χ0v) is 10.6. The predicted molar refractivity (Wildman–Crippen MR) is 69.6 cm³/mol. The zero-order chi connectivity index (χ0) is 12.1. The Labute approximate surface area is 104 Å². The number of nitrogens with two attached hydrogens (primary N) is 1. The lowest BCUT2D eigenvalue weighted by atomic mass is 10.1. The SMILES string of the molecule is COCCN(Cc1ccc(CN)cc1)C1CC1. The second-order valence-corrected chi connectivity index (χ2v) is 4.72. The van der Waals surface area contributed by atoms with Crippen LogP contribution in [-0.4, -0.2) is 31.2 Å². The van der Waals surface area contributed by atoms with Crippen LogP contribution >= 0.6 is 0 Å². The van der Waals surface area contributed by atoms with Crippen LogP contribution in [0.15, 0.2) is 24.3 Å². The molecule has 0 aromatic heterocycles. The zero-order valence-electron chi connectivity index (χ0n) is 10.6. The van der Waals surface area contributed by atoms with Gasteiger partial charge in [-0.05, 0) is 24.0 Å². The normalized spacial score (nSPS) is 15.5. The van der Waals surface area contributed by atoms with Crippen LogP contribution in [0.1, 0.15) is 24.0 Å². The first kappa shape index (κ1) is 12.6. The maximum absolute atomic E-state index is 5.60. The molecule has 0 spiro atoms. The summed E-state index contributed by atoms with van der Waals surface area (Å²) in [6, 6.07) is 9.39. The van der Waals surface area contributed by atoms with Crippen molar-refractivity contribution in [2.45, 2.75) is 32.0 Å². The van der Waals surface area contributed by atoms with Crippen LogP contribution in [0.25, 0.3) is 0 Å². The molecule has 3 nitrogen and oxygen atoms in total. The molecule has 0 unspecified atom stereocenters. The number of methoxy groups -OCH3 is 1. The van der Waals surface area contributed by atoms with Crippen molar-refractivity contribution >= 4 is 0 Å². The summed E-state index contributed by atoms with van der Waals surface area (Å²) in [6.45, 7) is 3.49. The maximum Gasteiger partial charge on any atom is 0.0589 e. The minimum atomic E-state index is 0.621. The van der Waals surface area contributed by atoms with Crippen molar-refractivity contribution in [3.63, 3.8) is 0 Å². The minimum Gasteiger partial charge on any atom is -0.383 e. The van der Waals surface area contributed by atoms with E-state index < -0.39 is 0 Å². The molecular formula is C14H22N2O. The quantitative estimate of drug-likeness (QED) is 0.781. The van der Waals surface area contributed by atoms with Gasteiger partial charge in [-0.2, -0.15) is 0 Å². The molecule has 1 aliphatic carbocycles. The van der Waals surface area contributed by atoms with Gasteiger partial charge in [0, 0.05) is 32.8 Å². The topological polar surface area (TPSA) is 38.5 Å². The number of rotatable bonds is 7. The second kappa shape index (κ2) is 6.15. The lowest BCUT2D eigenvalue weighted by Gasteiger charge is -2.21. The number of hydrogen-bond acceptors (Lipinski definition) is 3. The van der Waals surface area contributed by atoms with E-state index in [0.29, 0.717) is 6.54 Å². The van der Waals surface area contributed by atoms with E-state index in [9.17, 15) is 0 Å². The third-order valence-corrected chi connectivity index (χ3v) is 3.29. The maximum atomic E-state index is 5.60. The van der Waals surface area contributed by atoms with Crippen molar-refractivity contribution < 1.29 is 4.74 Å². The third kappa shape index (κ3) is 3.80. The molecular weight excluding hydrogens is 212 g/mol. The molecule has 0 heterocycles. The summed E-state index contributed by atoms with van der Waals surface area (Å²) in [4.78, 5) is 2.51. The highest BCUT2D eigenvalue weighted by Gasteiger charge is 2.28. The number of benzene rings is 1. The molecule has 1 fully saturated rings. The Morgan fingerprint density at radius 3 is 2.41 bits per heavy atom. The van der Waals surface area contributed by atoms with Crippen molar-refractivity contribution in [1.29, 1.82) is 0 Å². The summed E-state index contributed by atoms with van der Waals surface area (Å²) in [5.41, 5.74) is 8.16. The highest BCUT2D eigenvalue weighted by atomic mass is 16.5. The fourth-order valence-corrected chi connectivity index (χ4v) is 2.05. The Hall–Kier alpha value is -0.900. The van der Waals surface area contributed by atoms with E-state index in [4.69, 9.17) is 10.5 Å². The third-order valence-electron chi connectivity index (χ3n) is 3.29. The molecule has 0 radical (unpaired) electrons. The Bertz CT molecular complexity index is 333. The average molecular weight is 234 g/mol. The van der Waals surface area contributed by atoms with E-state index in [1.54, 1.807) is 7.11 Å². The minimum absolute atomic E-state index is 0.621. The van der Waals surface area contributed by atoms with Gasteiger partial charge in [0.15, 0.2) is 0 Å². The Kier molecular flexibility index (Phi) is 4.54. The summed E-state index contributed by atoms with van der Waals surface area (Å²) in [7, 11) is 1.77. The summed E-state index contributed by atoms with van der Waals surface area (Å²) >= 11 is 0. The lowest BCUT2D eigenvalue weighted by Crippen LogP contribution is -2.29. The van der Waals surface area contributed by atoms with Gasteiger partial charge >= 0.3 is 0 Å². The molecule has 0 saturated heterocycles. The first-order valence-corrected chi connectivity index (χ1v) is 6.34. The molecule has 0 aliphatic heterocycles. The van der Waals surface area contributed by atoms with E-state index in [-0.39, 0.29) is 0 Å². The fraction of sp³-hybridized carbons (Fsp3) is 0.571. The summed E-state index contributed by atoms with van der Waals surface area (Å²) < 4.78 is 5.17. The molecule has 3 heteroatoms. The fourth-order valence-electron chi connectivity index (χ4n) is 2.05. The van der Waals surface area contributed by atoms with Crippen LogP contribution in [-0.2, 0) is 17.8 Å². The summed E-state index contributed by atoms with van der Waals surface area (Å²) in [6.07, 6.45) is 2.68. The number of ether oxygens (including phenoxy) is 1. The highest BCUT2D eigenvalue weighted by molar-refractivity contribution is 5.22. The lowest BCUT2D eigenvalue weighted by molar-refractivity contribution is 0.139.